The van der Waals surface area contributed by atoms with E-state index in [0.29, 0.717) is 23.7 Å². The lowest BCUT2D eigenvalue weighted by atomic mass is 9.96. The standard InChI is InChI=1S/C20H24N2O2/c1-14(2)20(17-7-5-4-6-8-17)21-13-19(24)22-18-11-9-16(10-12-18)15(3)23/h4-12,14,20-21H,13H2,1-3H3,(H,22,24)/p+1/t20-/m1/s1. The summed E-state index contributed by atoms with van der Waals surface area (Å²) in [5, 5.41) is 4.94. The largest absolute Gasteiger partial charge is 0.332 e. The number of benzene rings is 2. The third kappa shape index (κ3) is 5.03. The first-order valence-electron chi connectivity index (χ1n) is 8.26. The zero-order valence-electron chi connectivity index (χ0n) is 14.5. The average Bonchev–Trinajstić information content (AvgIpc) is 2.56. The summed E-state index contributed by atoms with van der Waals surface area (Å²) in [4.78, 5) is 23.4. The molecule has 0 aromatic heterocycles. The number of amides is 1. The van der Waals surface area contributed by atoms with Crippen molar-refractivity contribution in [2.45, 2.75) is 26.8 Å². The van der Waals surface area contributed by atoms with Crippen LogP contribution in [0.2, 0.25) is 0 Å². The summed E-state index contributed by atoms with van der Waals surface area (Å²) in [6.45, 7) is 6.20. The van der Waals surface area contributed by atoms with Crippen molar-refractivity contribution in [2.24, 2.45) is 5.92 Å². The Bertz CT molecular complexity index is 679. The number of quaternary nitrogens is 1. The Morgan fingerprint density at radius 2 is 1.62 bits per heavy atom. The molecule has 1 amide bonds. The topological polar surface area (TPSA) is 62.8 Å². The molecule has 4 nitrogen and oxygen atoms in total. The van der Waals surface area contributed by atoms with Crippen molar-refractivity contribution >= 4 is 17.4 Å². The third-order valence-corrected chi connectivity index (χ3v) is 4.04. The van der Waals surface area contributed by atoms with Gasteiger partial charge in [-0.05, 0) is 31.2 Å². The molecule has 0 spiro atoms. The molecule has 0 bridgehead atoms. The van der Waals surface area contributed by atoms with Crippen LogP contribution in [0.15, 0.2) is 54.6 Å². The van der Waals surface area contributed by atoms with E-state index in [2.05, 4.69) is 36.6 Å². The second kappa shape index (κ2) is 8.41. The zero-order valence-corrected chi connectivity index (χ0v) is 14.5. The van der Waals surface area contributed by atoms with Gasteiger partial charge in [0.05, 0.1) is 0 Å². The Hall–Kier alpha value is -2.46. The van der Waals surface area contributed by atoms with Gasteiger partial charge in [-0.1, -0.05) is 44.2 Å². The van der Waals surface area contributed by atoms with Gasteiger partial charge in [0.25, 0.3) is 5.91 Å². The van der Waals surface area contributed by atoms with Gasteiger partial charge < -0.3 is 10.6 Å². The van der Waals surface area contributed by atoms with Crippen LogP contribution in [-0.2, 0) is 4.79 Å². The molecular weight excluding hydrogens is 300 g/mol. The van der Waals surface area contributed by atoms with Crippen LogP contribution in [0.4, 0.5) is 5.69 Å². The first-order valence-corrected chi connectivity index (χ1v) is 8.26. The molecule has 0 saturated heterocycles. The lowest BCUT2D eigenvalue weighted by molar-refractivity contribution is -0.692. The SMILES string of the molecule is CC(=O)c1ccc(NC(=O)C[NH2+][C@@H](c2ccccc2)C(C)C)cc1. The molecule has 0 radical (unpaired) electrons. The molecule has 0 saturated carbocycles. The van der Waals surface area contributed by atoms with Crippen LogP contribution >= 0.6 is 0 Å². The number of hydrogen-bond acceptors (Lipinski definition) is 2. The van der Waals surface area contributed by atoms with Gasteiger partial charge in [0.1, 0.15) is 6.04 Å². The molecule has 0 aliphatic rings. The lowest BCUT2D eigenvalue weighted by Crippen LogP contribution is -2.88. The van der Waals surface area contributed by atoms with Gasteiger partial charge in [-0.2, -0.15) is 0 Å². The van der Waals surface area contributed by atoms with E-state index in [1.54, 1.807) is 24.3 Å². The van der Waals surface area contributed by atoms with Gasteiger partial charge in [0.2, 0.25) is 0 Å². The highest BCUT2D eigenvalue weighted by atomic mass is 16.2. The normalized spacial score (nSPS) is 12.0. The van der Waals surface area contributed by atoms with Crippen LogP contribution in [-0.4, -0.2) is 18.2 Å². The maximum Gasteiger partial charge on any atom is 0.279 e. The van der Waals surface area contributed by atoms with E-state index in [1.165, 1.54) is 12.5 Å². The van der Waals surface area contributed by atoms with Crippen molar-refractivity contribution in [3.63, 3.8) is 0 Å². The number of Topliss-reactive ketones (excluding diaryl/α,β-unsaturated/α-hetero) is 1. The van der Waals surface area contributed by atoms with E-state index in [-0.39, 0.29) is 17.7 Å². The van der Waals surface area contributed by atoms with Crippen molar-refractivity contribution in [1.29, 1.82) is 0 Å². The van der Waals surface area contributed by atoms with Crippen molar-refractivity contribution in [1.82, 2.24) is 0 Å². The van der Waals surface area contributed by atoms with E-state index in [1.807, 2.05) is 18.2 Å². The minimum atomic E-state index is -0.0489. The molecule has 0 unspecified atom stereocenters. The number of carbonyl (C=O) groups is 2. The molecule has 0 heterocycles. The van der Waals surface area contributed by atoms with Crippen LogP contribution in [0.1, 0.15) is 42.7 Å². The summed E-state index contributed by atoms with van der Waals surface area (Å²) < 4.78 is 0. The zero-order chi connectivity index (χ0) is 17.5. The molecule has 24 heavy (non-hydrogen) atoms. The Balaban J connectivity index is 1.92. The first-order chi connectivity index (χ1) is 11.5. The molecule has 2 aromatic carbocycles. The molecular formula is C20H25N2O2+. The summed E-state index contributed by atoms with van der Waals surface area (Å²) >= 11 is 0. The molecule has 0 aliphatic heterocycles. The number of carbonyl (C=O) groups excluding carboxylic acids is 2. The minimum Gasteiger partial charge on any atom is -0.332 e. The number of nitrogens with one attached hydrogen (secondary N) is 1. The summed E-state index contributed by atoms with van der Waals surface area (Å²) in [7, 11) is 0. The predicted octanol–water partition coefficient (Wildman–Crippen LogP) is 2.79. The number of hydrogen-bond donors (Lipinski definition) is 2. The van der Waals surface area contributed by atoms with Gasteiger partial charge in [-0.3, -0.25) is 9.59 Å². The fourth-order valence-electron chi connectivity index (χ4n) is 2.70. The smallest absolute Gasteiger partial charge is 0.279 e. The highest BCUT2D eigenvalue weighted by molar-refractivity contribution is 5.95. The maximum atomic E-state index is 12.2. The minimum absolute atomic E-state index is 0.0175. The fraction of sp³-hybridized carbons (Fsp3) is 0.300. The van der Waals surface area contributed by atoms with Crippen LogP contribution < -0.4 is 10.6 Å². The lowest BCUT2D eigenvalue weighted by Gasteiger charge is -2.19. The highest BCUT2D eigenvalue weighted by Crippen LogP contribution is 2.16. The molecule has 2 rings (SSSR count). The fourth-order valence-corrected chi connectivity index (χ4v) is 2.70. The molecule has 3 N–H and O–H groups in total. The molecule has 2 aromatic rings. The molecule has 0 fully saturated rings. The third-order valence-electron chi connectivity index (χ3n) is 4.04. The van der Waals surface area contributed by atoms with Crippen LogP contribution in [0.3, 0.4) is 0 Å². The summed E-state index contributed by atoms with van der Waals surface area (Å²) in [5.41, 5.74) is 2.58. The number of nitrogens with two attached hydrogens (primary N) is 1. The molecule has 4 heteroatoms. The van der Waals surface area contributed by atoms with Gasteiger partial charge in [0, 0.05) is 22.7 Å². The second-order valence-electron chi connectivity index (χ2n) is 6.30. The average molecular weight is 325 g/mol. The number of ketones is 1. The first kappa shape index (κ1) is 17.9. The van der Waals surface area contributed by atoms with Crippen molar-refractivity contribution < 1.29 is 14.9 Å². The van der Waals surface area contributed by atoms with E-state index in [9.17, 15) is 9.59 Å². The maximum absolute atomic E-state index is 12.2. The van der Waals surface area contributed by atoms with E-state index < -0.39 is 0 Å². The van der Waals surface area contributed by atoms with Gasteiger partial charge in [0.15, 0.2) is 12.3 Å². The number of anilines is 1. The van der Waals surface area contributed by atoms with Gasteiger partial charge in [-0.15, -0.1) is 0 Å². The van der Waals surface area contributed by atoms with Crippen LogP contribution in [0, 0.1) is 5.92 Å². The van der Waals surface area contributed by atoms with Crippen molar-refractivity contribution in [3.8, 4) is 0 Å². The monoisotopic (exact) mass is 325 g/mol. The Kier molecular flexibility index (Phi) is 6.27. The Morgan fingerprint density at radius 3 is 2.17 bits per heavy atom. The van der Waals surface area contributed by atoms with Crippen LogP contribution in [0.5, 0.6) is 0 Å². The van der Waals surface area contributed by atoms with Gasteiger partial charge >= 0.3 is 0 Å². The Labute approximate surface area is 143 Å². The van der Waals surface area contributed by atoms with E-state index in [4.69, 9.17) is 0 Å². The van der Waals surface area contributed by atoms with E-state index >= 15 is 0 Å². The second-order valence-corrected chi connectivity index (χ2v) is 6.30. The molecule has 1 atom stereocenters. The summed E-state index contributed by atoms with van der Waals surface area (Å²) in [5.74, 6) is 0.394. The Morgan fingerprint density at radius 1 is 1.00 bits per heavy atom. The van der Waals surface area contributed by atoms with E-state index in [0.717, 1.165) is 0 Å². The molecule has 0 aliphatic carbocycles. The summed E-state index contributed by atoms with van der Waals surface area (Å²) in [6.07, 6.45) is 0. The van der Waals surface area contributed by atoms with Crippen LogP contribution in [0.25, 0.3) is 0 Å². The van der Waals surface area contributed by atoms with Crippen molar-refractivity contribution in [3.05, 3.63) is 65.7 Å². The quantitative estimate of drug-likeness (QED) is 0.769. The number of rotatable bonds is 7. The van der Waals surface area contributed by atoms with Crippen molar-refractivity contribution in [2.75, 3.05) is 11.9 Å². The summed E-state index contributed by atoms with van der Waals surface area (Å²) in [6, 6.07) is 17.4. The molecule has 126 valence electrons. The highest BCUT2D eigenvalue weighted by Gasteiger charge is 2.20. The van der Waals surface area contributed by atoms with Gasteiger partial charge in [-0.25, -0.2) is 0 Å². The predicted molar refractivity (Wildman–Crippen MR) is 95.9 cm³/mol.